The van der Waals surface area contributed by atoms with Crippen LogP contribution in [0.5, 0.6) is 0 Å². The Morgan fingerprint density at radius 1 is 1.50 bits per heavy atom. The highest BCUT2D eigenvalue weighted by Crippen LogP contribution is 2.36. The van der Waals surface area contributed by atoms with Crippen LogP contribution in [0.4, 0.5) is 18.9 Å². The molecule has 0 aliphatic heterocycles. The van der Waals surface area contributed by atoms with Crippen molar-refractivity contribution in [3.63, 3.8) is 0 Å². The lowest BCUT2D eigenvalue weighted by Crippen LogP contribution is -2.17. The SMILES string of the molecule is Nc1c(Cl)nn(CCO)c1C(F)(F)F. The summed E-state index contributed by atoms with van der Waals surface area (Å²) < 4.78 is 37.6. The number of aromatic nitrogens is 2. The molecule has 0 amide bonds. The van der Waals surface area contributed by atoms with Crippen molar-refractivity contribution in [1.82, 2.24) is 9.78 Å². The van der Waals surface area contributed by atoms with Gasteiger partial charge >= 0.3 is 6.18 Å². The second kappa shape index (κ2) is 3.66. The highest BCUT2D eigenvalue weighted by molar-refractivity contribution is 6.32. The molecular formula is C6H7ClF3N3O. The molecule has 1 aromatic rings. The van der Waals surface area contributed by atoms with Crippen LogP contribution in [-0.4, -0.2) is 21.5 Å². The second-order valence-corrected chi connectivity index (χ2v) is 2.86. The van der Waals surface area contributed by atoms with Crippen molar-refractivity contribution in [2.24, 2.45) is 0 Å². The van der Waals surface area contributed by atoms with Gasteiger partial charge in [0, 0.05) is 0 Å². The molecule has 4 nitrogen and oxygen atoms in total. The molecule has 0 saturated heterocycles. The van der Waals surface area contributed by atoms with Gasteiger partial charge in [-0.1, -0.05) is 11.6 Å². The van der Waals surface area contributed by atoms with E-state index in [1.54, 1.807) is 0 Å². The van der Waals surface area contributed by atoms with Crippen LogP contribution in [0.3, 0.4) is 0 Å². The quantitative estimate of drug-likeness (QED) is 0.799. The Hall–Kier alpha value is -0.950. The molecule has 0 saturated carbocycles. The first-order chi connectivity index (χ1) is 6.38. The van der Waals surface area contributed by atoms with Crippen LogP contribution in [0.2, 0.25) is 5.15 Å². The number of hydrogen-bond donors (Lipinski definition) is 2. The molecule has 0 radical (unpaired) electrons. The van der Waals surface area contributed by atoms with Crippen molar-refractivity contribution in [1.29, 1.82) is 0 Å². The minimum absolute atomic E-state index is 0.300. The van der Waals surface area contributed by atoms with E-state index in [1.807, 2.05) is 0 Å². The molecule has 0 spiro atoms. The third kappa shape index (κ3) is 1.93. The summed E-state index contributed by atoms with van der Waals surface area (Å²) in [6, 6.07) is 0. The van der Waals surface area contributed by atoms with Gasteiger partial charge in [-0.3, -0.25) is 4.68 Å². The first kappa shape index (κ1) is 11.1. The van der Waals surface area contributed by atoms with E-state index in [4.69, 9.17) is 22.4 Å². The molecule has 0 unspecified atom stereocenters. The Bertz CT molecular complexity index is 336. The lowest BCUT2D eigenvalue weighted by atomic mass is 10.3. The molecule has 0 aliphatic rings. The van der Waals surface area contributed by atoms with E-state index in [-0.39, 0.29) is 6.54 Å². The smallest absolute Gasteiger partial charge is 0.394 e. The third-order valence-corrected chi connectivity index (χ3v) is 1.80. The fraction of sp³-hybridized carbons (Fsp3) is 0.500. The van der Waals surface area contributed by atoms with Gasteiger partial charge in [0.15, 0.2) is 10.8 Å². The largest absolute Gasteiger partial charge is 0.435 e. The van der Waals surface area contributed by atoms with Gasteiger partial charge in [-0.2, -0.15) is 18.3 Å². The number of aliphatic hydroxyl groups excluding tert-OH is 1. The van der Waals surface area contributed by atoms with Gasteiger partial charge in [0.05, 0.1) is 13.2 Å². The van der Waals surface area contributed by atoms with Crippen LogP contribution in [-0.2, 0) is 12.7 Å². The van der Waals surface area contributed by atoms with Crippen molar-refractivity contribution in [3.05, 3.63) is 10.8 Å². The van der Waals surface area contributed by atoms with Crippen LogP contribution in [0.1, 0.15) is 5.69 Å². The minimum Gasteiger partial charge on any atom is -0.394 e. The summed E-state index contributed by atoms with van der Waals surface area (Å²) in [5.41, 5.74) is 3.36. The predicted octanol–water partition coefficient (Wildman–Crippen LogP) is 1.13. The van der Waals surface area contributed by atoms with Crippen LogP contribution in [0.25, 0.3) is 0 Å². The summed E-state index contributed by atoms with van der Waals surface area (Å²) in [4.78, 5) is 0. The standard InChI is InChI=1S/C6H7ClF3N3O/c7-5-3(11)4(6(8,9)10)13(12-5)1-2-14/h14H,1-2,11H2. The zero-order valence-corrected chi connectivity index (χ0v) is 7.60. The average Bonchev–Trinajstić information content (AvgIpc) is 2.27. The van der Waals surface area contributed by atoms with E-state index in [2.05, 4.69) is 5.10 Å². The molecule has 80 valence electrons. The fourth-order valence-electron chi connectivity index (χ4n) is 1.00. The molecule has 1 aromatic heterocycles. The van der Waals surface area contributed by atoms with Crippen LogP contribution in [0, 0.1) is 0 Å². The highest BCUT2D eigenvalue weighted by Gasteiger charge is 2.38. The number of nitrogen functional groups attached to an aromatic ring is 1. The Kier molecular flexibility index (Phi) is 2.91. The molecular weight excluding hydrogens is 223 g/mol. The Balaban J connectivity index is 3.23. The van der Waals surface area contributed by atoms with Crippen molar-refractivity contribution < 1.29 is 18.3 Å². The fourth-order valence-corrected chi connectivity index (χ4v) is 1.18. The molecule has 0 aliphatic carbocycles. The van der Waals surface area contributed by atoms with Gasteiger partial charge < -0.3 is 10.8 Å². The second-order valence-electron chi connectivity index (χ2n) is 2.50. The molecule has 8 heteroatoms. The number of aliphatic hydroxyl groups is 1. The van der Waals surface area contributed by atoms with Crippen LogP contribution >= 0.6 is 11.6 Å². The van der Waals surface area contributed by atoms with Crippen molar-refractivity contribution in [3.8, 4) is 0 Å². The van der Waals surface area contributed by atoms with E-state index >= 15 is 0 Å². The molecule has 0 aromatic carbocycles. The van der Waals surface area contributed by atoms with E-state index in [0.717, 1.165) is 0 Å². The number of hydrogen-bond acceptors (Lipinski definition) is 3. The molecule has 0 bridgehead atoms. The number of halogens is 4. The Morgan fingerprint density at radius 3 is 2.50 bits per heavy atom. The molecule has 3 N–H and O–H groups in total. The molecule has 1 rings (SSSR count). The first-order valence-electron chi connectivity index (χ1n) is 3.57. The Labute approximate surface area is 82.1 Å². The zero-order valence-electron chi connectivity index (χ0n) is 6.85. The van der Waals surface area contributed by atoms with Crippen molar-refractivity contribution in [2.75, 3.05) is 12.3 Å². The number of alkyl halides is 3. The van der Waals surface area contributed by atoms with E-state index in [9.17, 15) is 13.2 Å². The van der Waals surface area contributed by atoms with Crippen LogP contribution < -0.4 is 5.73 Å². The van der Waals surface area contributed by atoms with E-state index in [1.165, 1.54) is 0 Å². The molecule has 0 atom stereocenters. The van der Waals surface area contributed by atoms with Crippen LogP contribution in [0.15, 0.2) is 0 Å². The van der Waals surface area contributed by atoms with Crippen molar-refractivity contribution in [2.45, 2.75) is 12.7 Å². The summed E-state index contributed by atoms with van der Waals surface area (Å²) in [6.45, 7) is -0.772. The number of nitrogens with zero attached hydrogens (tertiary/aromatic N) is 2. The summed E-state index contributed by atoms with van der Waals surface area (Å²) in [5, 5.41) is 11.4. The lowest BCUT2D eigenvalue weighted by Gasteiger charge is -2.09. The first-order valence-corrected chi connectivity index (χ1v) is 3.95. The monoisotopic (exact) mass is 229 g/mol. The number of anilines is 1. The Morgan fingerprint density at radius 2 is 2.07 bits per heavy atom. The highest BCUT2D eigenvalue weighted by atomic mass is 35.5. The maximum absolute atomic E-state index is 12.4. The predicted molar refractivity (Wildman–Crippen MR) is 43.7 cm³/mol. The molecule has 14 heavy (non-hydrogen) atoms. The summed E-state index contributed by atoms with van der Waals surface area (Å²) >= 11 is 5.34. The summed E-state index contributed by atoms with van der Waals surface area (Å²) in [7, 11) is 0. The van der Waals surface area contributed by atoms with Gasteiger partial charge in [0.25, 0.3) is 0 Å². The average molecular weight is 230 g/mol. The van der Waals surface area contributed by atoms with Gasteiger partial charge in [0.1, 0.15) is 5.69 Å². The van der Waals surface area contributed by atoms with Gasteiger partial charge in [0.2, 0.25) is 0 Å². The normalized spacial score (nSPS) is 12.1. The summed E-state index contributed by atoms with van der Waals surface area (Å²) in [5.74, 6) is 0. The third-order valence-electron chi connectivity index (χ3n) is 1.52. The minimum atomic E-state index is -4.63. The number of nitrogens with two attached hydrogens (primary N) is 1. The van der Waals surface area contributed by atoms with E-state index < -0.39 is 29.3 Å². The zero-order chi connectivity index (χ0) is 10.9. The van der Waals surface area contributed by atoms with Crippen molar-refractivity contribution >= 4 is 17.3 Å². The van der Waals surface area contributed by atoms with Gasteiger partial charge in [-0.05, 0) is 0 Å². The lowest BCUT2D eigenvalue weighted by molar-refractivity contribution is -0.143. The maximum Gasteiger partial charge on any atom is 0.435 e. The molecule has 0 fully saturated rings. The molecule has 1 heterocycles. The van der Waals surface area contributed by atoms with Gasteiger partial charge in [-0.15, -0.1) is 0 Å². The van der Waals surface area contributed by atoms with E-state index in [0.29, 0.717) is 4.68 Å². The van der Waals surface area contributed by atoms with Gasteiger partial charge in [-0.25, -0.2) is 0 Å². The maximum atomic E-state index is 12.4. The number of rotatable bonds is 2. The topological polar surface area (TPSA) is 64.1 Å². The summed E-state index contributed by atoms with van der Waals surface area (Å²) in [6.07, 6.45) is -4.63.